The van der Waals surface area contributed by atoms with E-state index in [1.54, 1.807) is 22.0 Å². The maximum absolute atomic E-state index is 14.4. The molecule has 3 aliphatic heterocycles. The normalized spacial score (nSPS) is 27.4. The minimum absolute atomic E-state index is 0.0149. The van der Waals surface area contributed by atoms with Crippen molar-refractivity contribution >= 4 is 17.7 Å². The average Bonchev–Trinajstić information content (AvgIpc) is 3.59. The molecule has 3 aliphatic rings. The highest BCUT2D eigenvalue weighted by Gasteiger charge is 2.74. The number of likely N-dealkylation sites (tertiary alicyclic amines) is 1. The van der Waals surface area contributed by atoms with Crippen molar-refractivity contribution in [1.82, 2.24) is 14.7 Å². The fourth-order valence-electron chi connectivity index (χ4n) is 7.11. The highest BCUT2D eigenvalue weighted by molar-refractivity contribution is 5.99. The van der Waals surface area contributed by atoms with Gasteiger partial charge in [-0.3, -0.25) is 14.4 Å². The van der Waals surface area contributed by atoms with Gasteiger partial charge in [0, 0.05) is 38.8 Å². The summed E-state index contributed by atoms with van der Waals surface area (Å²) in [5.41, 5.74) is -0.0334. The van der Waals surface area contributed by atoms with Crippen LogP contribution in [0.15, 0.2) is 55.6 Å². The number of carbonyl (C=O) groups excluding carboxylic acids is 3. The summed E-state index contributed by atoms with van der Waals surface area (Å²) in [6, 6.07) is 8.96. The van der Waals surface area contributed by atoms with E-state index in [9.17, 15) is 19.5 Å². The van der Waals surface area contributed by atoms with Gasteiger partial charge in [0.15, 0.2) is 0 Å². The Bertz CT molecular complexity index is 1080. The van der Waals surface area contributed by atoms with Gasteiger partial charge in [0.25, 0.3) is 0 Å². The maximum Gasteiger partial charge on any atom is 0.248 e. The van der Waals surface area contributed by atoms with Gasteiger partial charge in [-0.15, -0.1) is 13.2 Å². The van der Waals surface area contributed by atoms with Crippen LogP contribution in [0, 0.1) is 11.8 Å². The number of amides is 3. The van der Waals surface area contributed by atoms with E-state index in [0.29, 0.717) is 51.9 Å². The van der Waals surface area contributed by atoms with E-state index >= 15 is 0 Å². The van der Waals surface area contributed by atoms with Crippen LogP contribution in [0.3, 0.4) is 0 Å². The van der Waals surface area contributed by atoms with E-state index in [1.165, 1.54) is 0 Å². The molecular weight excluding hydrogens is 506 g/mol. The van der Waals surface area contributed by atoms with Crippen molar-refractivity contribution in [3.8, 4) is 0 Å². The van der Waals surface area contributed by atoms with Gasteiger partial charge in [0.05, 0.1) is 17.9 Å². The number of carbonyl (C=O) groups is 3. The molecule has 1 spiro atoms. The van der Waals surface area contributed by atoms with Crippen LogP contribution in [0.5, 0.6) is 0 Å². The Hall–Kier alpha value is -2.97. The first-order chi connectivity index (χ1) is 19.3. The molecule has 1 aromatic rings. The smallest absolute Gasteiger partial charge is 0.248 e. The van der Waals surface area contributed by atoms with Crippen molar-refractivity contribution in [3.63, 3.8) is 0 Å². The topological polar surface area (TPSA) is 90.4 Å². The predicted molar refractivity (Wildman–Crippen MR) is 154 cm³/mol. The highest BCUT2D eigenvalue weighted by Crippen LogP contribution is 2.59. The first-order valence-corrected chi connectivity index (χ1v) is 14.8. The molecule has 218 valence electrons. The van der Waals surface area contributed by atoms with Gasteiger partial charge >= 0.3 is 0 Å². The summed E-state index contributed by atoms with van der Waals surface area (Å²) in [7, 11) is 0. The van der Waals surface area contributed by atoms with Crippen LogP contribution in [-0.2, 0) is 25.7 Å². The lowest BCUT2D eigenvalue weighted by Gasteiger charge is -2.39. The number of aliphatic hydroxyl groups excluding tert-OH is 1. The van der Waals surface area contributed by atoms with Crippen LogP contribution in [0.2, 0.25) is 0 Å². The fraction of sp³-hybridized carbons (Fsp3) is 0.594. The zero-order valence-corrected chi connectivity index (χ0v) is 24.0. The summed E-state index contributed by atoms with van der Waals surface area (Å²) < 4.78 is 6.65. The zero-order valence-electron chi connectivity index (χ0n) is 24.0. The fourth-order valence-corrected chi connectivity index (χ4v) is 7.11. The predicted octanol–water partition coefficient (Wildman–Crippen LogP) is 3.55. The molecule has 0 radical (unpaired) electrons. The molecule has 0 aliphatic carbocycles. The van der Waals surface area contributed by atoms with Gasteiger partial charge in [-0.1, -0.05) is 55.8 Å². The van der Waals surface area contributed by atoms with Gasteiger partial charge < -0.3 is 24.5 Å². The van der Waals surface area contributed by atoms with E-state index in [2.05, 4.69) is 20.1 Å². The molecule has 3 unspecified atom stereocenters. The molecule has 6 atom stereocenters. The van der Waals surface area contributed by atoms with Crippen LogP contribution < -0.4 is 0 Å². The number of hydrogen-bond donors (Lipinski definition) is 1. The summed E-state index contributed by atoms with van der Waals surface area (Å²) in [6.45, 7) is 13.4. The molecule has 1 N–H and O–H groups in total. The number of aliphatic hydroxyl groups is 1. The third kappa shape index (κ3) is 5.48. The monoisotopic (exact) mass is 551 g/mol. The summed E-state index contributed by atoms with van der Waals surface area (Å²) in [5.74, 6) is -1.81. The molecule has 3 heterocycles. The molecule has 4 rings (SSSR count). The Labute approximate surface area is 238 Å². The SMILES string of the molecule is C=CCN(Cc1ccccc1)C(=O)[C@@H]1[C@@H]2CCC3(O2)C(C(=O)N(CC=C)C(C)CCC)N(CCCCO)C(=O)[C@H]13. The molecule has 2 bridgehead atoms. The molecule has 1 aromatic carbocycles. The van der Waals surface area contributed by atoms with E-state index in [4.69, 9.17) is 4.74 Å². The van der Waals surface area contributed by atoms with Gasteiger partial charge in [-0.05, 0) is 44.6 Å². The number of unbranched alkanes of at least 4 members (excludes halogenated alkanes) is 1. The molecule has 40 heavy (non-hydrogen) atoms. The Morgan fingerprint density at radius 2 is 1.90 bits per heavy atom. The second-order valence-electron chi connectivity index (χ2n) is 11.4. The molecule has 0 saturated carbocycles. The zero-order chi connectivity index (χ0) is 28.9. The van der Waals surface area contributed by atoms with Crippen molar-refractivity contribution in [1.29, 1.82) is 0 Å². The van der Waals surface area contributed by atoms with E-state index in [-0.39, 0.29) is 30.4 Å². The van der Waals surface area contributed by atoms with Crippen molar-refractivity contribution < 1.29 is 24.2 Å². The van der Waals surface area contributed by atoms with Crippen molar-refractivity contribution in [3.05, 3.63) is 61.2 Å². The van der Waals surface area contributed by atoms with Gasteiger partial charge in [0.2, 0.25) is 17.7 Å². The minimum Gasteiger partial charge on any atom is -0.396 e. The quantitative estimate of drug-likeness (QED) is 0.266. The van der Waals surface area contributed by atoms with E-state index < -0.39 is 29.6 Å². The van der Waals surface area contributed by atoms with Crippen molar-refractivity contribution in [2.24, 2.45) is 11.8 Å². The van der Waals surface area contributed by atoms with Gasteiger partial charge in [0.1, 0.15) is 11.6 Å². The molecular formula is C32H45N3O5. The minimum atomic E-state index is -1.03. The van der Waals surface area contributed by atoms with Gasteiger partial charge in [-0.25, -0.2) is 0 Å². The first-order valence-electron chi connectivity index (χ1n) is 14.8. The van der Waals surface area contributed by atoms with E-state index in [0.717, 1.165) is 18.4 Å². The second kappa shape index (κ2) is 13.1. The van der Waals surface area contributed by atoms with Crippen LogP contribution in [0.25, 0.3) is 0 Å². The third-order valence-corrected chi connectivity index (χ3v) is 8.85. The average molecular weight is 552 g/mol. The number of hydrogen-bond acceptors (Lipinski definition) is 5. The lowest BCUT2D eigenvalue weighted by Crippen LogP contribution is -2.58. The summed E-state index contributed by atoms with van der Waals surface area (Å²) >= 11 is 0. The largest absolute Gasteiger partial charge is 0.396 e. The number of fused-ring (bicyclic) bond motifs is 1. The molecule has 0 aromatic heterocycles. The van der Waals surface area contributed by atoms with Crippen LogP contribution in [0.4, 0.5) is 0 Å². The maximum atomic E-state index is 14.4. The van der Waals surface area contributed by atoms with Gasteiger partial charge in [-0.2, -0.15) is 0 Å². The lowest BCUT2D eigenvalue weighted by molar-refractivity contribution is -0.150. The third-order valence-electron chi connectivity index (χ3n) is 8.85. The van der Waals surface area contributed by atoms with Crippen molar-refractivity contribution in [2.75, 3.05) is 26.2 Å². The van der Waals surface area contributed by atoms with Crippen LogP contribution in [0.1, 0.15) is 57.9 Å². The van der Waals surface area contributed by atoms with E-state index in [1.807, 2.05) is 42.2 Å². The Balaban J connectivity index is 1.69. The lowest BCUT2D eigenvalue weighted by atomic mass is 9.70. The van der Waals surface area contributed by atoms with Crippen LogP contribution in [-0.4, -0.2) is 87.6 Å². The first kappa shape index (κ1) is 30.0. The summed E-state index contributed by atoms with van der Waals surface area (Å²) in [5, 5.41) is 9.41. The second-order valence-corrected chi connectivity index (χ2v) is 11.4. The molecule has 8 nitrogen and oxygen atoms in total. The number of benzene rings is 1. The Morgan fingerprint density at radius 3 is 2.55 bits per heavy atom. The number of ether oxygens (including phenoxy) is 1. The molecule has 3 saturated heterocycles. The van der Waals surface area contributed by atoms with Crippen LogP contribution >= 0.6 is 0 Å². The number of rotatable bonds is 15. The summed E-state index contributed by atoms with van der Waals surface area (Å²) in [4.78, 5) is 48.0. The number of nitrogens with zero attached hydrogens (tertiary/aromatic N) is 3. The Morgan fingerprint density at radius 1 is 1.18 bits per heavy atom. The molecule has 3 fully saturated rings. The molecule has 3 amide bonds. The molecule has 8 heteroatoms. The highest BCUT2D eigenvalue weighted by atomic mass is 16.5. The summed E-state index contributed by atoms with van der Waals surface area (Å²) in [6.07, 6.45) is 7.08. The van der Waals surface area contributed by atoms with Crippen molar-refractivity contribution in [2.45, 2.75) is 82.7 Å². The standard InChI is InChI=1S/C32H45N3O5/c1-5-13-23(4)34(19-7-3)31(39)28-32-17-16-25(40-32)26(27(32)30(38)35(28)20-11-12-21-36)29(37)33(18-6-2)22-24-14-9-8-10-15-24/h6-10,14-15,23,25-28,36H,2-3,5,11-13,16-22H2,1,4H3/t23?,25-,26+,27-,28?,32?/m0/s1. The Kier molecular flexibility index (Phi) is 9.85.